The van der Waals surface area contributed by atoms with E-state index in [4.69, 9.17) is 0 Å². The highest BCUT2D eigenvalue weighted by Gasteiger charge is 2.70. The average molecular weight is 638 g/mol. The van der Waals surface area contributed by atoms with Crippen LogP contribution in [0, 0.1) is 56.7 Å². The van der Waals surface area contributed by atoms with Crippen LogP contribution in [0.3, 0.4) is 0 Å². The average Bonchev–Trinajstić information content (AvgIpc) is 3.68. The molecule has 1 aromatic heterocycles. The minimum absolute atomic E-state index is 0.0391. The van der Waals surface area contributed by atoms with Crippen LogP contribution in [0.4, 0.5) is 0 Å². The zero-order chi connectivity index (χ0) is 33.4. The highest BCUT2D eigenvalue weighted by molar-refractivity contribution is 5.88. The van der Waals surface area contributed by atoms with Crippen molar-refractivity contribution in [3.8, 4) is 0 Å². The first-order chi connectivity index (χ1) is 22.3. The van der Waals surface area contributed by atoms with E-state index < -0.39 is 5.97 Å². The molecule has 4 fully saturated rings. The summed E-state index contributed by atoms with van der Waals surface area (Å²) in [5, 5.41) is 13.4. The van der Waals surface area contributed by atoms with Gasteiger partial charge in [-0.2, -0.15) is 0 Å². The van der Waals surface area contributed by atoms with Gasteiger partial charge in [-0.3, -0.25) is 0 Å². The Bertz CT molecular complexity index is 1540. The Kier molecular flexibility index (Phi) is 8.01. The topological polar surface area (TPSA) is 67.2 Å². The van der Waals surface area contributed by atoms with Gasteiger partial charge in [0.15, 0.2) is 0 Å². The largest absolute Gasteiger partial charge is 0.478 e. The van der Waals surface area contributed by atoms with Gasteiger partial charge in [0, 0.05) is 32.0 Å². The summed E-state index contributed by atoms with van der Waals surface area (Å²) in [6.07, 6.45) is 20.2. The van der Waals surface area contributed by atoms with Gasteiger partial charge in [-0.1, -0.05) is 65.0 Å². The van der Waals surface area contributed by atoms with Gasteiger partial charge >= 0.3 is 5.97 Å². The number of benzene rings is 1. The molecule has 2 aromatic rings. The van der Waals surface area contributed by atoms with Crippen molar-refractivity contribution in [2.24, 2.45) is 56.7 Å². The number of carboxylic acid groups (broad SMARTS) is 1. The molecule has 0 radical (unpaired) electrons. The molecular weight excluding hydrogens is 578 g/mol. The molecule has 1 heterocycles. The maximum atomic E-state index is 11.5. The molecule has 0 aliphatic heterocycles. The molecule has 2 N–H and O–H groups in total. The lowest BCUT2D eigenvalue weighted by Crippen LogP contribution is -2.65. The van der Waals surface area contributed by atoms with Crippen LogP contribution in [0.5, 0.6) is 0 Å². The summed E-state index contributed by atoms with van der Waals surface area (Å²) in [6, 6.07) is 7.64. The number of aromatic carboxylic acids is 1. The second kappa shape index (κ2) is 11.5. The molecule has 0 amide bonds. The molecule has 5 aliphatic rings. The van der Waals surface area contributed by atoms with E-state index in [-0.39, 0.29) is 10.8 Å². The molecule has 4 saturated carbocycles. The number of rotatable bonds is 8. The second-order valence-corrected chi connectivity index (χ2v) is 18.0. The van der Waals surface area contributed by atoms with Gasteiger partial charge in [0.25, 0.3) is 0 Å². The standard InChI is InChI=1S/C42H59N3O2/c1-28(2)31-14-19-42(26-43-22-24-45-25-23-44-27-45)21-20-40(6)33(36(31)42)12-13-35-39(5)17-15-32(29-8-10-30(11-9-29)37(46)47)38(3,4)34(39)16-18-41(35,40)7/h8-11,15,23,25,27,31,33-36,43H,1,12-14,16-22,24,26H2,2-7H3,(H,46,47)/t31-,33+,34-,35+,36+,39-,40+,41+,42+/m0/s1. The quantitative estimate of drug-likeness (QED) is 0.224. The molecule has 5 aliphatic carbocycles. The Morgan fingerprint density at radius 2 is 1.74 bits per heavy atom. The van der Waals surface area contributed by atoms with Crippen molar-refractivity contribution in [2.45, 2.75) is 106 Å². The van der Waals surface area contributed by atoms with Gasteiger partial charge < -0.3 is 15.0 Å². The van der Waals surface area contributed by atoms with Gasteiger partial charge in [0.05, 0.1) is 11.9 Å². The van der Waals surface area contributed by atoms with Crippen molar-refractivity contribution in [1.82, 2.24) is 14.9 Å². The first-order valence-electron chi connectivity index (χ1n) is 18.6. The molecule has 0 unspecified atom stereocenters. The number of nitrogens with zero attached hydrogens (tertiary/aromatic N) is 2. The molecule has 5 heteroatoms. The van der Waals surface area contributed by atoms with Gasteiger partial charge in [-0.15, -0.1) is 0 Å². The fourth-order valence-electron chi connectivity index (χ4n) is 13.4. The zero-order valence-electron chi connectivity index (χ0n) is 29.9. The van der Waals surface area contributed by atoms with Crippen LogP contribution in [0.2, 0.25) is 0 Å². The smallest absolute Gasteiger partial charge is 0.335 e. The van der Waals surface area contributed by atoms with Crippen LogP contribution in [-0.2, 0) is 6.54 Å². The summed E-state index contributed by atoms with van der Waals surface area (Å²) in [7, 11) is 0. The summed E-state index contributed by atoms with van der Waals surface area (Å²) in [6.45, 7) is 23.2. The Morgan fingerprint density at radius 1 is 0.979 bits per heavy atom. The van der Waals surface area contributed by atoms with Gasteiger partial charge in [0.2, 0.25) is 0 Å². The fraction of sp³-hybridized carbons (Fsp3) is 0.667. The summed E-state index contributed by atoms with van der Waals surface area (Å²) in [5.74, 6) is 2.61. The van der Waals surface area contributed by atoms with Crippen molar-refractivity contribution in [3.63, 3.8) is 0 Å². The van der Waals surface area contributed by atoms with E-state index >= 15 is 0 Å². The predicted octanol–water partition coefficient (Wildman–Crippen LogP) is 9.52. The number of carbonyl (C=O) groups is 1. The van der Waals surface area contributed by atoms with Crippen LogP contribution in [-0.4, -0.2) is 33.7 Å². The van der Waals surface area contributed by atoms with Crippen LogP contribution in [0.25, 0.3) is 5.57 Å². The van der Waals surface area contributed by atoms with E-state index in [0.717, 1.165) is 37.9 Å². The highest BCUT2D eigenvalue weighted by atomic mass is 16.4. The van der Waals surface area contributed by atoms with Crippen LogP contribution < -0.4 is 5.32 Å². The first-order valence-corrected chi connectivity index (χ1v) is 18.6. The van der Waals surface area contributed by atoms with Crippen molar-refractivity contribution in [1.29, 1.82) is 0 Å². The third-order valence-electron chi connectivity index (χ3n) is 15.8. The van der Waals surface area contributed by atoms with Gasteiger partial charge in [-0.05, 0) is 145 Å². The number of carboxylic acids is 1. The van der Waals surface area contributed by atoms with E-state index in [1.54, 1.807) is 12.1 Å². The Labute approximate surface area is 283 Å². The first kappa shape index (κ1) is 32.9. The van der Waals surface area contributed by atoms with E-state index in [1.165, 1.54) is 68.1 Å². The number of allylic oxidation sites excluding steroid dienone is 3. The van der Waals surface area contributed by atoms with Crippen molar-refractivity contribution in [2.75, 3.05) is 13.1 Å². The molecule has 254 valence electrons. The van der Waals surface area contributed by atoms with Crippen LogP contribution in [0.1, 0.15) is 115 Å². The minimum Gasteiger partial charge on any atom is -0.478 e. The van der Waals surface area contributed by atoms with Gasteiger partial charge in [0.1, 0.15) is 0 Å². The fourth-order valence-corrected chi connectivity index (χ4v) is 13.4. The number of imidazole rings is 1. The number of fused-ring (bicyclic) bond motifs is 7. The Balaban J connectivity index is 1.17. The SMILES string of the molecule is C=C(C)[C@@H]1CC[C@]2(CNCCn3ccnc3)CC[C@]3(C)[C@H](CC[C@@H]4[C@@]5(C)CC=C(c6ccc(C(=O)O)cc6)C(C)(C)[C@@H]5CC[C@]43C)[C@@H]12. The number of nitrogens with one attached hydrogen (secondary N) is 1. The van der Waals surface area contributed by atoms with Crippen molar-refractivity contribution in [3.05, 3.63) is 72.3 Å². The number of hydrogen-bond donors (Lipinski definition) is 2. The Morgan fingerprint density at radius 3 is 2.43 bits per heavy atom. The monoisotopic (exact) mass is 637 g/mol. The molecule has 0 saturated heterocycles. The third-order valence-corrected chi connectivity index (χ3v) is 15.8. The third kappa shape index (κ3) is 4.87. The van der Waals surface area contributed by atoms with E-state index in [0.29, 0.717) is 39.6 Å². The lowest BCUT2D eigenvalue weighted by Gasteiger charge is -2.72. The number of hydrogen-bond acceptors (Lipinski definition) is 3. The highest BCUT2D eigenvalue weighted by Crippen LogP contribution is 2.77. The molecule has 9 atom stereocenters. The lowest BCUT2D eigenvalue weighted by atomic mass is 9.32. The van der Waals surface area contributed by atoms with Crippen molar-refractivity contribution < 1.29 is 9.90 Å². The summed E-state index contributed by atoms with van der Waals surface area (Å²) >= 11 is 0. The summed E-state index contributed by atoms with van der Waals surface area (Å²) < 4.78 is 2.18. The van der Waals surface area contributed by atoms with E-state index in [9.17, 15) is 9.90 Å². The van der Waals surface area contributed by atoms with Crippen LogP contribution in [0.15, 0.2) is 61.2 Å². The van der Waals surface area contributed by atoms with E-state index in [1.807, 2.05) is 24.7 Å². The predicted molar refractivity (Wildman–Crippen MR) is 191 cm³/mol. The van der Waals surface area contributed by atoms with Crippen molar-refractivity contribution >= 4 is 11.5 Å². The molecule has 47 heavy (non-hydrogen) atoms. The molecule has 7 rings (SSSR count). The minimum atomic E-state index is -0.856. The molecule has 1 aromatic carbocycles. The van der Waals surface area contributed by atoms with Crippen LogP contribution >= 0.6 is 0 Å². The lowest BCUT2D eigenvalue weighted by molar-refractivity contribution is -0.225. The number of aromatic nitrogens is 2. The maximum absolute atomic E-state index is 11.5. The second-order valence-electron chi connectivity index (χ2n) is 18.0. The summed E-state index contributed by atoms with van der Waals surface area (Å²) in [4.78, 5) is 15.8. The van der Waals surface area contributed by atoms with Gasteiger partial charge in [-0.25, -0.2) is 9.78 Å². The van der Waals surface area contributed by atoms with E-state index in [2.05, 4.69) is 75.3 Å². The normalized spacial score (nSPS) is 40.4. The molecular formula is C42H59N3O2. The zero-order valence-corrected chi connectivity index (χ0v) is 29.9. The summed E-state index contributed by atoms with van der Waals surface area (Å²) in [5.41, 5.74) is 5.75. The maximum Gasteiger partial charge on any atom is 0.335 e. The molecule has 0 spiro atoms. The Hall–Kier alpha value is -2.66. The molecule has 5 nitrogen and oxygen atoms in total. The molecule has 0 bridgehead atoms.